The van der Waals surface area contributed by atoms with Gasteiger partial charge in [-0.2, -0.15) is 10.2 Å². The van der Waals surface area contributed by atoms with Crippen molar-refractivity contribution in [1.29, 1.82) is 5.26 Å². The molecule has 0 aliphatic rings. The van der Waals surface area contributed by atoms with Crippen LogP contribution in [-0.2, 0) is 6.42 Å². The third-order valence-electron chi connectivity index (χ3n) is 2.84. The summed E-state index contributed by atoms with van der Waals surface area (Å²) in [5.74, 6) is 0.154. The van der Waals surface area contributed by atoms with Crippen LogP contribution >= 0.6 is 22.9 Å². The fourth-order valence-corrected chi connectivity index (χ4v) is 2.83. The minimum Gasteiger partial charge on any atom is -0.333 e. The Balaban J connectivity index is 1.91. The molecule has 2 heterocycles. The van der Waals surface area contributed by atoms with Gasteiger partial charge in [0.1, 0.15) is 16.8 Å². The van der Waals surface area contributed by atoms with E-state index in [2.05, 4.69) is 16.2 Å². The molecule has 0 atom stereocenters. The van der Waals surface area contributed by atoms with Gasteiger partial charge < -0.3 is 4.52 Å². The number of halogens is 2. The molecule has 0 aliphatic carbocycles. The number of rotatable bonds is 3. The van der Waals surface area contributed by atoms with Crippen molar-refractivity contribution in [2.45, 2.75) is 6.42 Å². The minimum absolute atomic E-state index is 0.127. The SMILES string of the molecule is N#Cc1ccsc1-c1nc(Cc2c(F)cccc2Cl)no1. The van der Waals surface area contributed by atoms with E-state index >= 15 is 0 Å². The van der Waals surface area contributed by atoms with E-state index in [4.69, 9.17) is 21.4 Å². The molecule has 0 amide bonds. The summed E-state index contributed by atoms with van der Waals surface area (Å²) >= 11 is 7.30. The van der Waals surface area contributed by atoms with Gasteiger partial charge in [0.2, 0.25) is 0 Å². The molecule has 0 spiro atoms. The molecule has 0 fully saturated rings. The predicted molar refractivity (Wildman–Crippen MR) is 76.5 cm³/mol. The van der Waals surface area contributed by atoms with Crippen molar-refractivity contribution in [2.75, 3.05) is 0 Å². The molecule has 4 nitrogen and oxygen atoms in total. The molecule has 0 aliphatic heterocycles. The lowest BCUT2D eigenvalue weighted by molar-refractivity contribution is 0.424. The van der Waals surface area contributed by atoms with Crippen LogP contribution in [0, 0.1) is 17.1 Å². The largest absolute Gasteiger partial charge is 0.333 e. The van der Waals surface area contributed by atoms with Crippen molar-refractivity contribution in [3.63, 3.8) is 0 Å². The van der Waals surface area contributed by atoms with Gasteiger partial charge in [0.05, 0.1) is 5.56 Å². The molecule has 21 heavy (non-hydrogen) atoms. The fraction of sp³-hybridized carbons (Fsp3) is 0.0714. The van der Waals surface area contributed by atoms with Crippen LogP contribution in [0.2, 0.25) is 5.02 Å². The van der Waals surface area contributed by atoms with E-state index in [9.17, 15) is 4.39 Å². The average molecular weight is 320 g/mol. The highest BCUT2D eigenvalue weighted by molar-refractivity contribution is 7.13. The molecule has 2 aromatic heterocycles. The Morgan fingerprint density at radius 2 is 2.24 bits per heavy atom. The zero-order valence-corrected chi connectivity index (χ0v) is 12.1. The first-order valence-electron chi connectivity index (χ1n) is 5.92. The summed E-state index contributed by atoms with van der Waals surface area (Å²) in [6.45, 7) is 0. The van der Waals surface area contributed by atoms with Gasteiger partial charge >= 0.3 is 0 Å². The number of benzene rings is 1. The summed E-state index contributed by atoms with van der Waals surface area (Å²) < 4.78 is 18.9. The Morgan fingerprint density at radius 1 is 1.38 bits per heavy atom. The zero-order chi connectivity index (χ0) is 14.8. The number of nitriles is 1. The van der Waals surface area contributed by atoms with Crippen molar-refractivity contribution in [3.05, 3.63) is 57.4 Å². The van der Waals surface area contributed by atoms with Crippen molar-refractivity contribution >= 4 is 22.9 Å². The molecule has 7 heteroatoms. The molecule has 104 valence electrons. The first-order chi connectivity index (χ1) is 10.2. The normalized spacial score (nSPS) is 10.5. The highest BCUT2D eigenvalue weighted by Crippen LogP contribution is 2.28. The van der Waals surface area contributed by atoms with Crippen molar-refractivity contribution in [1.82, 2.24) is 10.1 Å². The number of thiophene rings is 1. The van der Waals surface area contributed by atoms with E-state index in [0.717, 1.165) is 0 Å². The van der Waals surface area contributed by atoms with Crippen LogP contribution in [0.25, 0.3) is 10.8 Å². The van der Waals surface area contributed by atoms with E-state index in [-0.39, 0.29) is 12.3 Å². The van der Waals surface area contributed by atoms with Gasteiger partial charge in [-0.15, -0.1) is 11.3 Å². The van der Waals surface area contributed by atoms with E-state index < -0.39 is 5.82 Å². The smallest absolute Gasteiger partial charge is 0.269 e. The minimum atomic E-state index is -0.414. The summed E-state index contributed by atoms with van der Waals surface area (Å²) in [7, 11) is 0. The summed E-state index contributed by atoms with van der Waals surface area (Å²) in [6.07, 6.45) is 0.127. The van der Waals surface area contributed by atoms with Crippen molar-refractivity contribution < 1.29 is 8.91 Å². The quantitative estimate of drug-likeness (QED) is 0.730. The first-order valence-corrected chi connectivity index (χ1v) is 7.18. The average Bonchev–Trinajstić information content (AvgIpc) is 3.11. The summed E-state index contributed by atoms with van der Waals surface area (Å²) in [4.78, 5) is 4.80. The van der Waals surface area contributed by atoms with E-state index in [1.165, 1.54) is 23.5 Å². The summed E-state index contributed by atoms with van der Waals surface area (Å²) in [6, 6.07) is 8.20. The molecule has 1 aromatic carbocycles. The maximum atomic E-state index is 13.7. The molecule has 3 rings (SSSR count). The van der Waals surface area contributed by atoms with Crippen LogP contribution in [-0.4, -0.2) is 10.1 Å². The Kier molecular flexibility index (Phi) is 3.69. The molecule has 0 radical (unpaired) electrons. The third-order valence-corrected chi connectivity index (χ3v) is 4.10. The van der Waals surface area contributed by atoms with Crippen LogP contribution in [0.5, 0.6) is 0 Å². The summed E-state index contributed by atoms with van der Waals surface area (Å²) in [5.41, 5.74) is 0.789. The Labute approximate surface area is 128 Å². The van der Waals surface area contributed by atoms with E-state index in [0.29, 0.717) is 26.9 Å². The van der Waals surface area contributed by atoms with Crippen LogP contribution in [0.15, 0.2) is 34.2 Å². The second-order valence-electron chi connectivity index (χ2n) is 4.17. The van der Waals surface area contributed by atoms with Crippen molar-refractivity contribution in [2.24, 2.45) is 0 Å². The highest BCUT2D eigenvalue weighted by Gasteiger charge is 2.16. The maximum absolute atomic E-state index is 13.7. The summed E-state index contributed by atoms with van der Waals surface area (Å²) in [5, 5.41) is 14.9. The number of hydrogen-bond donors (Lipinski definition) is 0. The van der Waals surface area contributed by atoms with Gasteiger partial charge in [0.25, 0.3) is 5.89 Å². The zero-order valence-electron chi connectivity index (χ0n) is 10.5. The lowest BCUT2D eigenvalue weighted by Crippen LogP contribution is -1.95. The molecule has 0 unspecified atom stereocenters. The standard InChI is InChI=1S/C14H7ClFN3OS/c15-10-2-1-3-11(16)9(10)6-12-18-14(20-19-12)13-8(7-17)4-5-21-13/h1-5H,6H2. The Morgan fingerprint density at radius 3 is 3.00 bits per heavy atom. The lowest BCUT2D eigenvalue weighted by Gasteiger charge is -2.01. The van der Waals surface area contributed by atoms with Crippen LogP contribution in [0.3, 0.4) is 0 Å². The molecular weight excluding hydrogens is 313 g/mol. The molecular formula is C14H7ClFN3OS. The van der Waals surface area contributed by atoms with Crippen molar-refractivity contribution in [3.8, 4) is 16.8 Å². The lowest BCUT2D eigenvalue weighted by atomic mass is 10.1. The van der Waals surface area contributed by atoms with Crippen LogP contribution < -0.4 is 0 Å². The van der Waals surface area contributed by atoms with E-state index in [1.807, 2.05) is 0 Å². The van der Waals surface area contributed by atoms with Gasteiger partial charge in [-0.25, -0.2) is 4.39 Å². The van der Waals surface area contributed by atoms with Crippen LogP contribution in [0.4, 0.5) is 4.39 Å². The topological polar surface area (TPSA) is 62.7 Å². The maximum Gasteiger partial charge on any atom is 0.269 e. The molecule has 0 saturated carbocycles. The third kappa shape index (κ3) is 2.66. The van der Waals surface area contributed by atoms with Gasteiger partial charge in [-0.1, -0.05) is 22.8 Å². The van der Waals surface area contributed by atoms with Gasteiger partial charge in [0, 0.05) is 17.0 Å². The van der Waals surface area contributed by atoms with Crippen LogP contribution in [0.1, 0.15) is 17.0 Å². The van der Waals surface area contributed by atoms with Gasteiger partial charge in [0.15, 0.2) is 5.82 Å². The molecule has 0 N–H and O–H groups in total. The number of aromatic nitrogens is 2. The monoisotopic (exact) mass is 319 g/mol. The van der Waals surface area contributed by atoms with Gasteiger partial charge in [-0.05, 0) is 23.6 Å². The molecule has 0 bridgehead atoms. The second-order valence-corrected chi connectivity index (χ2v) is 5.49. The fourth-order valence-electron chi connectivity index (χ4n) is 1.84. The Bertz CT molecular complexity index is 817. The predicted octanol–water partition coefficient (Wildman–Crippen LogP) is 4.05. The highest BCUT2D eigenvalue weighted by atomic mass is 35.5. The second kappa shape index (κ2) is 5.64. The Hall–Kier alpha value is -2.23. The first kappa shape index (κ1) is 13.7. The molecule has 3 aromatic rings. The van der Waals surface area contributed by atoms with Gasteiger partial charge in [-0.3, -0.25) is 0 Å². The van der Waals surface area contributed by atoms with E-state index in [1.54, 1.807) is 17.5 Å². The number of nitrogens with zero attached hydrogens (tertiary/aromatic N) is 3. The number of hydrogen-bond acceptors (Lipinski definition) is 5. The molecule has 0 saturated heterocycles.